The highest BCUT2D eigenvalue weighted by atomic mass is 16.6. The minimum Gasteiger partial charge on any atom is -0.456 e. The predicted molar refractivity (Wildman–Crippen MR) is 170 cm³/mol. The first-order valence-corrected chi connectivity index (χ1v) is 15.4. The molecule has 0 fully saturated rings. The molecule has 0 aromatic heterocycles. The highest BCUT2D eigenvalue weighted by Gasteiger charge is 2.54. The molecule has 4 aromatic rings. The number of rotatable bonds is 11. The summed E-state index contributed by atoms with van der Waals surface area (Å²) in [6.07, 6.45) is 7.13. The number of hydrogen-bond donors (Lipinski definition) is 1. The number of nitrogens with one attached hydrogen (secondary N) is 1. The number of aryl methyl sites for hydroxylation is 1. The normalized spacial score (nSPS) is 16.3. The number of ether oxygens (including phenoxy) is 2. The Balaban J connectivity index is 1.51. The van der Waals surface area contributed by atoms with Crippen molar-refractivity contribution in [3.05, 3.63) is 113 Å². The van der Waals surface area contributed by atoms with E-state index in [1.54, 1.807) is 0 Å². The summed E-state index contributed by atoms with van der Waals surface area (Å²) in [5, 5.41) is 3.61. The van der Waals surface area contributed by atoms with Crippen molar-refractivity contribution in [3.8, 4) is 11.5 Å². The van der Waals surface area contributed by atoms with E-state index in [9.17, 15) is 4.79 Å². The highest BCUT2D eigenvalue weighted by Crippen LogP contribution is 2.59. The number of esters is 1. The molecule has 42 heavy (non-hydrogen) atoms. The van der Waals surface area contributed by atoms with Crippen LogP contribution in [0, 0.1) is 6.92 Å². The van der Waals surface area contributed by atoms with Gasteiger partial charge in [-0.15, -0.1) is 0 Å². The largest absolute Gasteiger partial charge is 0.456 e. The molecule has 1 unspecified atom stereocenters. The molecule has 0 aliphatic carbocycles. The molecule has 0 radical (unpaired) electrons. The zero-order chi connectivity index (χ0) is 29.1. The smallest absolute Gasteiger partial charge is 0.340 e. The first kappa shape index (κ1) is 27.9. The average molecular weight is 561 g/mol. The summed E-state index contributed by atoms with van der Waals surface area (Å²) in [6.45, 7) is 8.58. The van der Waals surface area contributed by atoms with Crippen LogP contribution in [0.3, 0.4) is 0 Å². The standard InChI is InChI=1S/C37H40N2O3/c1-4-6-13-21-39(22-14-7-5-2)28-19-20-31-33(25-28)41-34-24-26(3)23-32(38-27-15-9-8-10-16-27)35(34)37(31)30-18-12-11-17-29(30)36(40)42-37/h8-12,15-20,23-25,38H,4-7,13-14,21-22H2,1-3H3. The van der Waals surface area contributed by atoms with E-state index >= 15 is 0 Å². The molecular weight excluding hydrogens is 520 g/mol. The molecule has 216 valence electrons. The van der Waals surface area contributed by atoms with Crippen LogP contribution < -0.4 is 15.0 Å². The van der Waals surface area contributed by atoms with E-state index in [0.29, 0.717) is 11.3 Å². The van der Waals surface area contributed by atoms with Crippen molar-refractivity contribution in [1.82, 2.24) is 0 Å². The average Bonchev–Trinajstić information content (AvgIpc) is 3.28. The Morgan fingerprint density at radius 1 is 0.762 bits per heavy atom. The molecular formula is C37H40N2O3. The van der Waals surface area contributed by atoms with Gasteiger partial charge in [-0.2, -0.15) is 0 Å². The van der Waals surface area contributed by atoms with Crippen molar-refractivity contribution in [2.24, 2.45) is 0 Å². The van der Waals surface area contributed by atoms with E-state index in [4.69, 9.17) is 9.47 Å². The Kier molecular flexibility index (Phi) is 7.92. The van der Waals surface area contributed by atoms with Crippen molar-refractivity contribution < 1.29 is 14.3 Å². The summed E-state index contributed by atoms with van der Waals surface area (Å²) in [5.74, 6) is 1.11. The van der Waals surface area contributed by atoms with Crippen LogP contribution in [0.1, 0.15) is 85.0 Å². The van der Waals surface area contributed by atoms with Crippen LogP contribution in [0.5, 0.6) is 11.5 Å². The van der Waals surface area contributed by atoms with Crippen molar-refractivity contribution in [3.63, 3.8) is 0 Å². The van der Waals surface area contributed by atoms with Crippen LogP contribution in [-0.2, 0) is 10.3 Å². The number of fused-ring (bicyclic) bond motifs is 6. The fraction of sp³-hybridized carbons (Fsp3) is 0.324. The van der Waals surface area contributed by atoms with Gasteiger partial charge in [0, 0.05) is 41.7 Å². The third-order valence-corrected chi connectivity index (χ3v) is 8.42. The van der Waals surface area contributed by atoms with Gasteiger partial charge < -0.3 is 19.7 Å². The number of nitrogens with zero attached hydrogens (tertiary/aromatic N) is 1. The number of unbranched alkanes of at least 4 members (excludes halogenated alkanes) is 4. The van der Waals surface area contributed by atoms with Gasteiger partial charge in [0.2, 0.25) is 0 Å². The van der Waals surface area contributed by atoms with Crippen LogP contribution in [0.25, 0.3) is 0 Å². The molecule has 5 heteroatoms. The van der Waals surface area contributed by atoms with Gasteiger partial charge in [0.15, 0.2) is 5.60 Å². The van der Waals surface area contributed by atoms with Crippen molar-refractivity contribution in [2.75, 3.05) is 23.3 Å². The number of carbonyl (C=O) groups is 1. The molecule has 0 amide bonds. The second kappa shape index (κ2) is 11.9. The van der Waals surface area contributed by atoms with Crippen LogP contribution in [-0.4, -0.2) is 19.1 Å². The number of para-hydroxylation sites is 1. The molecule has 5 nitrogen and oxygen atoms in total. The quantitative estimate of drug-likeness (QED) is 0.146. The predicted octanol–water partition coefficient (Wildman–Crippen LogP) is 9.49. The lowest BCUT2D eigenvalue weighted by Gasteiger charge is -2.39. The fourth-order valence-corrected chi connectivity index (χ4v) is 6.39. The summed E-state index contributed by atoms with van der Waals surface area (Å²) in [7, 11) is 0. The van der Waals surface area contributed by atoms with Crippen LogP contribution in [0.15, 0.2) is 84.9 Å². The second-order valence-electron chi connectivity index (χ2n) is 11.5. The van der Waals surface area contributed by atoms with Gasteiger partial charge in [-0.3, -0.25) is 0 Å². The van der Waals surface area contributed by atoms with Gasteiger partial charge in [0.05, 0.1) is 16.8 Å². The molecule has 1 spiro atoms. The number of anilines is 3. The first-order valence-electron chi connectivity index (χ1n) is 15.4. The maximum absolute atomic E-state index is 13.5. The van der Waals surface area contributed by atoms with Gasteiger partial charge in [0.1, 0.15) is 11.5 Å². The molecule has 0 saturated carbocycles. The zero-order valence-electron chi connectivity index (χ0n) is 24.9. The highest BCUT2D eigenvalue weighted by molar-refractivity contribution is 5.98. The summed E-state index contributed by atoms with van der Waals surface area (Å²) < 4.78 is 13.3. The van der Waals surface area contributed by atoms with Crippen molar-refractivity contribution >= 4 is 23.0 Å². The van der Waals surface area contributed by atoms with E-state index in [2.05, 4.69) is 61.3 Å². The van der Waals surface area contributed by atoms with Gasteiger partial charge >= 0.3 is 5.97 Å². The lowest BCUT2D eigenvalue weighted by atomic mass is 9.76. The number of hydrogen-bond acceptors (Lipinski definition) is 5. The molecule has 4 aromatic carbocycles. The lowest BCUT2D eigenvalue weighted by molar-refractivity contribution is 0.0227. The van der Waals surface area contributed by atoms with Gasteiger partial charge in [-0.1, -0.05) is 75.9 Å². The lowest BCUT2D eigenvalue weighted by Crippen LogP contribution is -2.34. The molecule has 0 saturated heterocycles. The summed E-state index contributed by atoms with van der Waals surface area (Å²) in [6, 6.07) is 28.4. The molecule has 6 rings (SSSR count). The Hall–Kier alpha value is -4.25. The Morgan fingerprint density at radius 2 is 1.48 bits per heavy atom. The monoisotopic (exact) mass is 560 g/mol. The molecule has 2 aliphatic rings. The fourth-order valence-electron chi connectivity index (χ4n) is 6.39. The molecule has 1 N–H and O–H groups in total. The summed E-state index contributed by atoms with van der Waals surface area (Å²) in [5.41, 5.74) is 5.98. The molecule has 0 bridgehead atoms. The van der Waals surface area contributed by atoms with Crippen LogP contribution in [0.2, 0.25) is 0 Å². The second-order valence-corrected chi connectivity index (χ2v) is 11.5. The summed E-state index contributed by atoms with van der Waals surface area (Å²) >= 11 is 0. The van der Waals surface area contributed by atoms with Crippen LogP contribution in [0.4, 0.5) is 17.1 Å². The Labute approximate surface area is 249 Å². The molecule has 2 heterocycles. The van der Waals surface area contributed by atoms with E-state index in [1.165, 1.54) is 25.7 Å². The van der Waals surface area contributed by atoms with Crippen molar-refractivity contribution in [1.29, 1.82) is 0 Å². The van der Waals surface area contributed by atoms with Gasteiger partial charge in [-0.25, -0.2) is 4.79 Å². The van der Waals surface area contributed by atoms with E-state index < -0.39 is 5.60 Å². The SMILES string of the molecule is CCCCCN(CCCCC)c1ccc2c(c1)Oc1cc(C)cc(Nc3ccccc3)c1C21OC(=O)c2ccccc21. The molecule has 2 aliphatic heterocycles. The minimum absolute atomic E-state index is 0.319. The third kappa shape index (κ3) is 5.02. The van der Waals surface area contributed by atoms with Crippen LogP contribution >= 0.6 is 0 Å². The van der Waals surface area contributed by atoms with Gasteiger partial charge in [-0.05, 0) is 67.8 Å². The zero-order valence-corrected chi connectivity index (χ0v) is 24.9. The maximum atomic E-state index is 13.5. The topological polar surface area (TPSA) is 50.8 Å². The van der Waals surface area contributed by atoms with Gasteiger partial charge in [0.25, 0.3) is 0 Å². The minimum atomic E-state index is -1.13. The van der Waals surface area contributed by atoms with E-state index in [1.807, 2.05) is 54.6 Å². The van der Waals surface area contributed by atoms with E-state index in [0.717, 1.165) is 71.0 Å². The molecule has 1 atom stereocenters. The first-order chi connectivity index (χ1) is 20.5. The Morgan fingerprint density at radius 3 is 2.21 bits per heavy atom. The van der Waals surface area contributed by atoms with E-state index in [-0.39, 0.29) is 5.97 Å². The Bertz CT molecular complexity index is 1570. The number of benzene rings is 4. The summed E-state index contributed by atoms with van der Waals surface area (Å²) in [4.78, 5) is 16.0. The third-order valence-electron chi connectivity index (χ3n) is 8.42. The van der Waals surface area contributed by atoms with Crippen molar-refractivity contribution in [2.45, 2.75) is 64.9 Å². The maximum Gasteiger partial charge on any atom is 0.340 e. The number of carbonyl (C=O) groups excluding carboxylic acids is 1.